The van der Waals surface area contributed by atoms with Crippen LogP contribution in [0.4, 0.5) is 0 Å². The lowest BCUT2D eigenvalue weighted by Gasteiger charge is -2.34. The minimum Gasteiger partial charge on any atom is -0.481 e. The maximum Gasteiger partial charge on any atom is 0.306 e. The molecule has 0 radical (unpaired) electrons. The number of carboxylic acids is 1. The van der Waals surface area contributed by atoms with E-state index in [9.17, 15) is 9.90 Å². The third-order valence-electron chi connectivity index (χ3n) is 3.24. The van der Waals surface area contributed by atoms with Gasteiger partial charge in [0.25, 0.3) is 0 Å². The third kappa shape index (κ3) is 11.0. The summed E-state index contributed by atoms with van der Waals surface area (Å²) in [5, 5.41) is 19.5. The van der Waals surface area contributed by atoms with Gasteiger partial charge in [-0.05, 0) is 6.42 Å². The van der Waals surface area contributed by atoms with Crippen LogP contribution in [0.15, 0.2) is 0 Å². The Labute approximate surface area is 118 Å². The van der Waals surface area contributed by atoms with Gasteiger partial charge >= 0.3 is 5.97 Å². The van der Waals surface area contributed by atoms with Crippen molar-refractivity contribution in [2.45, 2.75) is 63.9 Å². The second kappa shape index (κ2) is 8.54. The van der Waals surface area contributed by atoms with Gasteiger partial charge < -0.3 is 14.7 Å². The van der Waals surface area contributed by atoms with Crippen molar-refractivity contribution in [3.8, 4) is 0 Å². The molecular weight excluding hydrogens is 242 g/mol. The molecule has 0 heterocycles. The van der Waals surface area contributed by atoms with E-state index in [2.05, 4.69) is 6.92 Å². The molecule has 0 fully saturated rings. The van der Waals surface area contributed by atoms with E-state index in [4.69, 9.17) is 5.11 Å². The minimum absolute atomic E-state index is 0.155. The highest BCUT2D eigenvalue weighted by molar-refractivity contribution is 5.68. The number of quaternary nitrogens is 1. The first-order valence-electron chi connectivity index (χ1n) is 7.43. The molecule has 0 bridgehead atoms. The van der Waals surface area contributed by atoms with Gasteiger partial charge in [0.15, 0.2) is 0 Å². The van der Waals surface area contributed by atoms with Crippen LogP contribution in [0.3, 0.4) is 0 Å². The Morgan fingerprint density at radius 2 is 1.58 bits per heavy atom. The Hall–Kier alpha value is -0.610. The lowest BCUT2D eigenvalue weighted by molar-refractivity contribution is -0.877. The highest BCUT2D eigenvalue weighted by Gasteiger charge is 2.35. The molecule has 114 valence electrons. The summed E-state index contributed by atoms with van der Waals surface area (Å²) in [6.07, 6.45) is 7.33. The van der Waals surface area contributed by atoms with E-state index in [0.717, 1.165) is 12.8 Å². The van der Waals surface area contributed by atoms with Crippen molar-refractivity contribution >= 4 is 5.97 Å². The molecule has 2 N–H and O–H groups in total. The van der Waals surface area contributed by atoms with Crippen LogP contribution < -0.4 is 0 Å². The standard InChI is InChI=1S/C15H31NO3/c1-5-6-7-8-9-10-11-15(19,12-14(17)18)13-16(2,3)4/h19H,5-13H2,1-4H3/p+1. The fourth-order valence-corrected chi connectivity index (χ4v) is 2.62. The van der Waals surface area contributed by atoms with Crippen LogP contribution in [0.25, 0.3) is 0 Å². The summed E-state index contributed by atoms with van der Waals surface area (Å²) in [5.41, 5.74) is -1.07. The lowest BCUT2D eigenvalue weighted by Crippen LogP contribution is -2.50. The number of hydrogen-bond acceptors (Lipinski definition) is 2. The van der Waals surface area contributed by atoms with Crippen LogP contribution >= 0.6 is 0 Å². The van der Waals surface area contributed by atoms with E-state index in [1.165, 1.54) is 25.7 Å². The van der Waals surface area contributed by atoms with E-state index in [1.807, 2.05) is 21.1 Å². The van der Waals surface area contributed by atoms with Crippen molar-refractivity contribution in [2.75, 3.05) is 27.7 Å². The molecule has 4 nitrogen and oxygen atoms in total. The molecule has 0 aliphatic heterocycles. The normalized spacial score (nSPS) is 15.2. The van der Waals surface area contributed by atoms with Crippen molar-refractivity contribution in [3.63, 3.8) is 0 Å². The highest BCUT2D eigenvalue weighted by atomic mass is 16.4. The van der Waals surface area contributed by atoms with Gasteiger partial charge in [0, 0.05) is 0 Å². The molecular formula is C15H32NO3+. The molecule has 0 aromatic heterocycles. The number of likely N-dealkylation sites (N-methyl/N-ethyl adjacent to an activating group) is 1. The Morgan fingerprint density at radius 1 is 1.05 bits per heavy atom. The van der Waals surface area contributed by atoms with Crippen LogP contribution in [0.1, 0.15) is 58.3 Å². The van der Waals surface area contributed by atoms with Gasteiger partial charge in [0.05, 0.1) is 27.6 Å². The highest BCUT2D eigenvalue weighted by Crippen LogP contribution is 2.22. The Morgan fingerprint density at radius 3 is 2.05 bits per heavy atom. The monoisotopic (exact) mass is 274 g/mol. The molecule has 1 atom stereocenters. The minimum atomic E-state index is -1.07. The SMILES string of the molecule is CCCCCCCCC(O)(CC(=O)O)C[N+](C)(C)C. The molecule has 0 aliphatic rings. The van der Waals surface area contributed by atoms with Gasteiger partial charge in [-0.3, -0.25) is 4.79 Å². The van der Waals surface area contributed by atoms with Crippen LogP contribution in [-0.2, 0) is 4.79 Å². The average Bonchev–Trinajstić information content (AvgIpc) is 2.19. The largest absolute Gasteiger partial charge is 0.481 e. The molecule has 0 spiro atoms. The van der Waals surface area contributed by atoms with E-state index < -0.39 is 11.6 Å². The smallest absolute Gasteiger partial charge is 0.306 e. The number of carboxylic acid groups (broad SMARTS) is 1. The maximum absolute atomic E-state index is 10.9. The molecule has 0 aromatic rings. The van der Waals surface area contributed by atoms with E-state index >= 15 is 0 Å². The fourth-order valence-electron chi connectivity index (χ4n) is 2.62. The van der Waals surface area contributed by atoms with Gasteiger partial charge in [-0.2, -0.15) is 0 Å². The molecule has 0 saturated heterocycles. The van der Waals surface area contributed by atoms with Gasteiger partial charge in [-0.25, -0.2) is 0 Å². The summed E-state index contributed by atoms with van der Waals surface area (Å²) in [6.45, 7) is 2.67. The Bertz CT molecular complexity index is 261. The van der Waals surface area contributed by atoms with Crippen LogP contribution in [0, 0.1) is 0 Å². The van der Waals surface area contributed by atoms with Crippen molar-refractivity contribution < 1.29 is 19.5 Å². The molecule has 4 heteroatoms. The molecule has 19 heavy (non-hydrogen) atoms. The maximum atomic E-state index is 10.9. The van der Waals surface area contributed by atoms with Gasteiger partial charge in [-0.15, -0.1) is 0 Å². The molecule has 0 aromatic carbocycles. The van der Waals surface area contributed by atoms with E-state index in [1.54, 1.807) is 0 Å². The quantitative estimate of drug-likeness (QED) is 0.450. The van der Waals surface area contributed by atoms with E-state index in [0.29, 0.717) is 17.4 Å². The molecule has 1 unspecified atom stereocenters. The zero-order valence-corrected chi connectivity index (χ0v) is 13.1. The summed E-state index contributed by atoms with van der Waals surface area (Å²) in [6, 6.07) is 0. The van der Waals surface area contributed by atoms with Gasteiger partial charge in [-0.1, -0.05) is 45.4 Å². The van der Waals surface area contributed by atoms with Crippen molar-refractivity contribution in [2.24, 2.45) is 0 Å². The number of aliphatic carboxylic acids is 1. The first kappa shape index (κ1) is 18.4. The average molecular weight is 274 g/mol. The molecule has 0 rings (SSSR count). The molecule has 0 saturated carbocycles. The van der Waals surface area contributed by atoms with E-state index in [-0.39, 0.29) is 6.42 Å². The topological polar surface area (TPSA) is 57.5 Å². The first-order chi connectivity index (χ1) is 8.68. The predicted molar refractivity (Wildman–Crippen MR) is 78.1 cm³/mol. The second-order valence-corrected chi connectivity index (χ2v) is 6.76. The lowest BCUT2D eigenvalue weighted by atomic mass is 9.91. The third-order valence-corrected chi connectivity index (χ3v) is 3.24. The Balaban J connectivity index is 4.16. The number of carbonyl (C=O) groups is 1. The number of unbranched alkanes of at least 4 members (excludes halogenated alkanes) is 5. The summed E-state index contributed by atoms with van der Waals surface area (Å²) >= 11 is 0. The summed E-state index contributed by atoms with van der Waals surface area (Å²) in [4.78, 5) is 10.9. The summed E-state index contributed by atoms with van der Waals surface area (Å²) in [5.74, 6) is -0.915. The van der Waals surface area contributed by atoms with Crippen LogP contribution in [0.5, 0.6) is 0 Å². The van der Waals surface area contributed by atoms with Gasteiger partial charge in [0.2, 0.25) is 0 Å². The predicted octanol–water partition coefficient (Wildman–Crippen LogP) is 2.65. The second-order valence-electron chi connectivity index (χ2n) is 6.76. The van der Waals surface area contributed by atoms with Crippen LogP contribution in [0.2, 0.25) is 0 Å². The number of nitrogens with zero attached hydrogens (tertiary/aromatic N) is 1. The zero-order valence-electron chi connectivity index (χ0n) is 13.1. The first-order valence-corrected chi connectivity index (χ1v) is 7.43. The van der Waals surface area contributed by atoms with Crippen LogP contribution in [-0.4, -0.2) is 54.0 Å². The van der Waals surface area contributed by atoms with Crippen molar-refractivity contribution in [1.29, 1.82) is 0 Å². The number of rotatable bonds is 11. The Kier molecular flexibility index (Phi) is 8.26. The fraction of sp³-hybridized carbons (Fsp3) is 0.933. The summed E-state index contributed by atoms with van der Waals surface area (Å²) in [7, 11) is 5.94. The van der Waals surface area contributed by atoms with Crippen molar-refractivity contribution in [1.82, 2.24) is 0 Å². The zero-order chi connectivity index (χ0) is 14.9. The molecule has 0 aliphatic carbocycles. The number of hydrogen-bond donors (Lipinski definition) is 2. The molecule has 0 amide bonds. The number of aliphatic hydroxyl groups is 1. The van der Waals surface area contributed by atoms with Crippen molar-refractivity contribution in [3.05, 3.63) is 0 Å². The van der Waals surface area contributed by atoms with Gasteiger partial charge in [0.1, 0.15) is 12.1 Å². The summed E-state index contributed by atoms with van der Waals surface area (Å²) < 4.78 is 0.583.